The van der Waals surface area contributed by atoms with Crippen LogP contribution in [0.4, 0.5) is 5.69 Å². The number of hydrogen-bond donors (Lipinski definition) is 1. The fourth-order valence-corrected chi connectivity index (χ4v) is 3.03. The molecule has 0 unspecified atom stereocenters. The number of nitrogens with zero attached hydrogens (tertiary/aromatic N) is 1. The van der Waals surface area contributed by atoms with Crippen molar-refractivity contribution in [3.05, 3.63) is 65.7 Å². The number of ether oxygens (including phenoxy) is 1. The number of rotatable bonds is 6. The van der Waals surface area contributed by atoms with E-state index in [1.165, 1.54) is 0 Å². The Kier molecular flexibility index (Phi) is 6.42. The molecule has 1 atom stereocenters. The van der Waals surface area contributed by atoms with Crippen LogP contribution in [0.15, 0.2) is 54.6 Å². The molecule has 0 saturated carbocycles. The van der Waals surface area contributed by atoms with Gasteiger partial charge in [0.05, 0.1) is 0 Å². The van der Waals surface area contributed by atoms with E-state index < -0.39 is 12.0 Å². The number of esters is 1. The zero-order valence-corrected chi connectivity index (χ0v) is 15.9. The Balaban J connectivity index is 1.50. The second-order valence-corrected chi connectivity index (χ2v) is 6.86. The molecule has 146 valence electrons. The normalized spacial score (nSPS) is 15.0. The summed E-state index contributed by atoms with van der Waals surface area (Å²) in [6, 6.07) is 15.8. The highest BCUT2D eigenvalue weighted by Crippen LogP contribution is 2.19. The third-order valence-corrected chi connectivity index (χ3v) is 4.74. The van der Waals surface area contributed by atoms with Crippen molar-refractivity contribution < 1.29 is 19.1 Å². The number of nitrogens with one attached hydrogen (secondary N) is 1. The number of anilines is 1. The van der Waals surface area contributed by atoms with Gasteiger partial charge in [-0.05, 0) is 36.8 Å². The summed E-state index contributed by atoms with van der Waals surface area (Å²) in [5.41, 5.74) is 2.35. The van der Waals surface area contributed by atoms with E-state index in [1.54, 1.807) is 19.1 Å². The van der Waals surface area contributed by atoms with Crippen LogP contribution in [0, 0.1) is 0 Å². The van der Waals surface area contributed by atoms with Crippen LogP contribution < -0.4 is 10.2 Å². The third-order valence-electron chi connectivity index (χ3n) is 4.74. The minimum atomic E-state index is -0.746. The summed E-state index contributed by atoms with van der Waals surface area (Å²) >= 11 is 0. The highest BCUT2D eigenvalue weighted by atomic mass is 16.5. The Bertz CT molecular complexity index is 823. The van der Waals surface area contributed by atoms with Crippen molar-refractivity contribution in [3.8, 4) is 0 Å². The van der Waals surface area contributed by atoms with Crippen LogP contribution in [-0.2, 0) is 20.9 Å². The number of ketones is 1. The Hall–Kier alpha value is -3.15. The molecule has 1 aliphatic heterocycles. The first-order valence-electron chi connectivity index (χ1n) is 9.41. The molecule has 1 saturated heterocycles. The van der Waals surface area contributed by atoms with Crippen LogP contribution in [0.5, 0.6) is 0 Å². The predicted molar refractivity (Wildman–Crippen MR) is 106 cm³/mol. The van der Waals surface area contributed by atoms with E-state index >= 15 is 0 Å². The number of Topliss-reactive ketones (excluding diaryl/α,β-unsaturated/α-hetero) is 1. The smallest absolute Gasteiger partial charge is 0.328 e. The van der Waals surface area contributed by atoms with Gasteiger partial charge in [0.25, 0.3) is 5.91 Å². The van der Waals surface area contributed by atoms with Crippen LogP contribution >= 0.6 is 0 Å². The molecule has 0 aliphatic carbocycles. The van der Waals surface area contributed by atoms with Crippen molar-refractivity contribution in [2.75, 3.05) is 18.0 Å². The fourth-order valence-electron chi connectivity index (χ4n) is 3.03. The van der Waals surface area contributed by atoms with Gasteiger partial charge in [-0.2, -0.15) is 0 Å². The van der Waals surface area contributed by atoms with Crippen molar-refractivity contribution in [1.82, 2.24) is 5.32 Å². The molecule has 1 heterocycles. The second kappa shape index (κ2) is 9.17. The highest BCUT2D eigenvalue weighted by molar-refractivity contribution is 5.97. The lowest BCUT2D eigenvalue weighted by molar-refractivity contribution is -0.146. The molecule has 1 fully saturated rings. The summed E-state index contributed by atoms with van der Waals surface area (Å²) in [5, 5.41) is 2.67. The monoisotopic (exact) mass is 380 g/mol. The van der Waals surface area contributed by atoms with E-state index in [9.17, 15) is 14.4 Å². The molecule has 0 radical (unpaired) electrons. The van der Waals surface area contributed by atoms with Gasteiger partial charge in [0.15, 0.2) is 0 Å². The molecule has 0 aromatic heterocycles. The number of amides is 1. The highest BCUT2D eigenvalue weighted by Gasteiger charge is 2.19. The molecule has 0 spiro atoms. The van der Waals surface area contributed by atoms with Crippen molar-refractivity contribution >= 4 is 23.3 Å². The maximum atomic E-state index is 12.4. The molecule has 2 aromatic carbocycles. The largest absolute Gasteiger partial charge is 0.459 e. The maximum absolute atomic E-state index is 12.4. The Labute approximate surface area is 164 Å². The van der Waals surface area contributed by atoms with Crippen LogP contribution in [0.1, 0.15) is 35.7 Å². The minimum Gasteiger partial charge on any atom is -0.459 e. The molecule has 1 aliphatic rings. The fraction of sp³-hybridized carbons (Fsp3) is 0.318. The van der Waals surface area contributed by atoms with Gasteiger partial charge in [0.1, 0.15) is 18.4 Å². The van der Waals surface area contributed by atoms with Crippen LogP contribution in [0.2, 0.25) is 0 Å². The summed E-state index contributed by atoms with van der Waals surface area (Å²) in [7, 11) is 0. The molecule has 3 rings (SSSR count). The van der Waals surface area contributed by atoms with E-state index in [1.807, 2.05) is 42.5 Å². The van der Waals surface area contributed by atoms with Gasteiger partial charge < -0.3 is 15.0 Å². The van der Waals surface area contributed by atoms with Gasteiger partial charge >= 0.3 is 5.97 Å². The summed E-state index contributed by atoms with van der Waals surface area (Å²) in [5.74, 6) is -0.517. The van der Waals surface area contributed by atoms with Gasteiger partial charge in [-0.3, -0.25) is 9.59 Å². The van der Waals surface area contributed by atoms with E-state index in [0.29, 0.717) is 37.3 Å². The quantitative estimate of drug-likeness (QED) is 0.780. The van der Waals surface area contributed by atoms with Crippen LogP contribution in [0.3, 0.4) is 0 Å². The summed E-state index contributed by atoms with van der Waals surface area (Å²) < 4.78 is 5.25. The Morgan fingerprint density at radius 2 is 1.68 bits per heavy atom. The molecule has 1 amide bonds. The van der Waals surface area contributed by atoms with Gasteiger partial charge in [0, 0.05) is 37.2 Å². The number of carbonyl (C=O) groups is 3. The third kappa shape index (κ3) is 5.19. The van der Waals surface area contributed by atoms with Crippen LogP contribution in [-0.4, -0.2) is 36.8 Å². The zero-order valence-electron chi connectivity index (χ0n) is 15.9. The molecule has 0 bridgehead atoms. The number of benzene rings is 2. The topological polar surface area (TPSA) is 75.7 Å². The Morgan fingerprint density at radius 1 is 1.04 bits per heavy atom. The number of hydrogen-bond acceptors (Lipinski definition) is 5. The molecule has 28 heavy (non-hydrogen) atoms. The van der Waals surface area contributed by atoms with Gasteiger partial charge in [-0.25, -0.2) is 4.79 Å². The lowest BCUT2D eigenvalue weighted by Gasteiger charge is -2.28. The molecular formula is C22H24N2O4. The SMILES string of the molecule is C[C@H](NC(=O)c1ccc(N2CCC(=O)CC2)cc1)C(=O)OCc1ccccc1. The van der Waals surface area contributed by atoms with Crippen molar-refractivity contribution in [3.63, 3.8) is 0 Å². The number of piperidine rings is 1. The van der Waals surface area contributed by atoms with Gasteiger partial charge in [-0.1, -0.05) is 30.3 Å². The van der Waals surface area contributed by atoms with E-state index in [2.05, 4.69) is 10.2 Å². The lowest BCUT2D eigenvalue weighted by Crippen LogP contribution is -2.39. The zero-order chi connectivity index (χ0) is 19.9. The van der Waals surface area contributed by atoms with Gasteiger partial charge in [-0.15, -0.1) is 0 Å². The van der Waals surface area contributed by atoms with Crippen LogP contribution in [0.25, 0.3) is 0 Å². The molecule has 2 aromatic rings. The van der Waals surface area contributed by atoms with E-state index in [-0.39, 0.29) is 12.5 Å². The Morgan fingerprint density at radius 3 is 2.32 bits per heavy atom. The van der Waals surface area contributed by atoms with Gasteiger partial charge in [0.2, 0.25) is 0 Å². The molecule has 6 heteroatoms. The second-order valence-electron chi connectivity index (χ2n) is 6.86. The first-order valence-corrected chi connectivity index (χ1v) is 9.41. The molecule has 1 N–H and O–H groups in total. The first-order chi connectivity index (χ1) is 13.5. The first kappa shape index (κ1) is 19.6. The molecule has 6 nitrogen and oxygen atoms in total. The molecular weight excluding hydrogens is 356 g/mol. The van der Waals surface area contributed by atoms with Crippen molar-refractivity contribution in [1.29, 1.82) is 0 Å². The summed E-state index contributed by atoms with van der Waals surface area (Å²) in [6.45, 7) is 3.18. The maximum Gasteiger partial charge on any atom is 0.328 e. The summed E-state index contributed by atoms with van der Waals surface area (Å²) in [6.07, 6.45) is 1.12. The summed E-state index contributed by atoms with van der Waals surface area (Å²) in [4.78, 5) is 38.0. The predicted octanol–water partition coefficient (Wildman–Crippen LogP) is 2.72. The average molecular weight is 380 g/mol. The minimum absolute atomic E-state index is 0.174. The van der Waals surface area contributed by atoms with Crippen molar-refractivity contribution in [2.45, 2.75) is 32.4 Å². The lowest BCUT2D eigenvalue weighted by atomic mass is 10.1. The van der Waals surface area contributed by atoms with E-state index in [0.717, 1.165) is 11.3 Å². The number of carbonyl (C=O) groups excluding carboxylic acids is 3. The van der Waals surface area contributed by atoms with E-state index in [4.69, 9.17) is 4.74 Å². The standard InChI is InChI=1S/C22H24N2O4/c1-16(22(27)28-15-17-5-3-2-4-6-17)23-21(26)18-7-9-19(10-8-18)24-13-11-20(25)12-14-24/h2-10,16H,11-15H2,1H3,(H,23,26)/t16-/m0/s1. The van der Waals surface area contributed by atoms with Crippen molar-refractivity contribution in [2.24, 2.45) is 0 Å². The average Bonchev–Trinajstić information content (AvgIpc) is 2.73.